The SMILES string of the molecule is CNc1nc(-c2ccc(OC)cc2OC)ccc1C#N. The number of benzene rings is 1. The number of aromatic nitrogens is 1. The summed E-state index contributed by atoms with van der Waals surface area (Å²) < 4.78 is 10.5. The second-order valence-electron chi connectivity index (χ2n) is 4.02. The zero-order valence-electron chi connectivity index (χ0n) is 11.6. The Bertz CT molecular complexity index is 663. The lowest BCUT2D eigenvalue weighted by molar-refractivity contribution is 0.395. The van der Waals surface area contributed by atoms with Gasteiger partial charge in [-0.25, -0.2) is 4.98 Å². The van der Waals surface area contributed by atoms with E-state index in [9.17, 15) is 0 Å². The highest BCUT2D eigenvalue weighted by molar-refractivity contribution is 5.71. The Balaban J connectivity index is 2.54. The maximum Gasteiger partial charge on any atom is 0.144 e. The molecule has 0 aliphatic heterocycles. The zero-order chi connectivity index (χ0) is 14.5. The molecule has 1 aromatic carbocycles. The highest BCUT2D eigenvalue weighted by Crippen LogP contribution is 2.33. The number of hydrogen-bond donors (Lipinski definition) is 1. The Hall–Kier alpha value is -2.74. The number of ether oxygens (including phenoxy) is 2. The summed E-state index contributed by atoms with van der Waals surface area (Å²) >= 11 is 0. The van der Waals surface area contributed by atoms with Crippen LogP contribution in [0.15, 0.2) is 30.3 Å². The van der Waals surface area contributed by atoms with Gasteiger partial charge in [-0.3, -0.25) is 0 Å². The second kappa shape index (κ2) is 5.93. The Morgan fingerprint density at radius 3 is 2.55 bits per heavy atom. The highest BCUT2D eigenvalue weighted by Gasteiger charge is 2.11. The van der Waals surface area contributed by atoms with Gasteiger partial charge in [-0.05, 0) is 24.3 Å². The van der Waals surface area contributed by atoms with Gasteiger partial charge in [0.1, 0.15) is 23.4 Å². The lowest BCUT2D eigenvalue weighted by Crippen LogP contribution is -1.98. The summed E-state index contributed by atoms with van der Waals surface area (Å²) in [6.07, 6.45) is 0. The average Bonchev–Trinajstić information content (AvgIpc) is 2.53. The van der Waals surface area contributed by atoms with E-state index >= 15 is 0 Å². The molecule has 0 aliphatic carbocycles. The van der Waals surface area contributed by atoms with Gasteiger partial charge in [0, 0.05) is 18.7 Å². The van der Waals surface area contributed by atoms with Crippen molar-refractivity contribution < 1.29 is 9.47 Å². The van der Waals surface area contributed by atoms with Crippen molar-refractivity contribution in [3.63, 3.8) is 0 Å². The third-order valence-corrected chi connectivity index (χ3v) is 2.94. The van der Waals surface area contributed by atoms with Crippen molar-refractivity contribution in [1.29, 1.82) is 5.26 Å². The van der Waals surface area contributed by atoms with E-state index < -0.39 is 0 Å². The molecule has 20 heavy (non-hydrogen) atoms. The molecular weight excluding hydrogens is 254 g/mol. The Morgan fingerprint density at radius 2 is 1.95 bits per heavy atom. The van der Waals surface area contributed by atoms with Crippen molar-refractivity contribution in [2.24, 2.45) is 0 Å². The molecule has 102 valence electrons. The summed E-state index contributed by atoms with van der Waals surface area (Å²) in [5, 5.41) is 11.9. The van der Waals surface area contributed by atoms with Gasteiger partial charge in [0.25, 0.3) is 0 Å². The summed E-state index contributed by atoms with van der Waals surface area (Å²) in [4.78, 5) is 4.44. The number of nitrogens with one attached hydrogen (secondary N) is 1. The first-order valence-corrected chi connectivity index (χ1v) is 6.04. The highest BCUT2D eigenvalue weighted by atomic mass is 16.5. The van der Waals surface area contributed by atoms with Crippen molar-refractivity contribution in [1.82, 2.24) is 4.98 Å². The van der Waals surface area contributed by atoms with Crippen LogP contribution in [0.2, 0.25) is 0 Å². The van der Waals surface area contributed by atoms with Gasteiger partial charge in [-0.2, -0.15) is 5.26 Å². The molecule has 0 radical (unpaired) electrons. The number of anilines is 1. The lowest BCUT2D eigenvalue weighted by atomic mass is 10.1. The van der Waals surface area contributed by atoms with Gasteiger partial charge in [0.05, 0.1) is 25.5 Å². The minimum Gasteiger partial charge on any atom is -0.497 e. The minimum absolute atomic E-state index is 0.503. The second-order valence-corrected chi connectivity index (χ2v) is 4.02. The molecule has 5 nitrogen and oxygen atoms in total. The number of methoxy groups -OCH3 is 2. The molecule has 5 heteroatoms. The molecule has 0 unspecified atom stereocenters. The van der Waals surface area contributed by atoms with Gasteiger partial charge in [0.2, 0.25) is 0 Å². The molecular formula is C15H15N3O2. The Kier molecular flexibility index (Phi) is 4.06. The fourth-order valence-corrected chi connectivity index (χ4v) is 1.90. The summed E-state index contributed by atoms with van der Waals surface area (Å²) in [6, 6.07) is 11.1. The standard InChI is InChI=1S/C15H15N3O2/c1-17-15-10(9-16)4-7-13(18-15)12-6-5-11(19-2)8-14(12)20-3/h4-8H,1-3H3,(H,17,18). The molecule has 2 aromatic rings. The molecule has 0 saturated carbocycles. The molecule has 0 spiro atoms. The molecule has 1 heterocycles. The largest absolute Gasteiger partial charge is 0.497 e. The van der Waals surface area contributed by atoms with Crippen LogP contribution in [0.4, 0.5) is 5.82 Å². The third-order valence-electron chi connectivity index (χ3n) is 2.94. The topological polar surface area (TPSA) is 67.2 Å². The third kappa shape index (κ3) is 2.50. The smallest absolute Gasteiger partial charge is 0.144 e. The number of rotatable bonds is 4. The van der Waals surface area contributed by atoms with Crippen LogP contribution < -0.4 is 14.8 Å². The van der Waals surface area contributed by atoms with E-state index in [0.29, 0.717) is 22.9 Å². The molecule has 0 amide bonds. The van der Waals surface area contributed by atoms with Crippen molar-refractivity contribution in [3.05, 3.63) is 35.9 Å². The van der Waals surface area contributed by atoms with Crippen molar-refractivity contribution in [2.45, 2.75) is 0 Å². The number of nitriles is 1. The van der Waals surface area contributed by atoms with Gasteiger partial charge >= 0.3 is 0 Å². The predicted molar refractivity (Wildman–Crippen MR) is 77.0 cm³/mol. The Labute approximate surface area is 117 Å². The van der Waals surface area contributed by atoms with Gasteiger partial charge in [-0.1, -0.05) is 0 Å². The van der Waals surface area contributed by atoms with Crippen LogP contribution in [-0.2, 0) is 0 Å². The first-order valence-electron chi connectivity index (χ1n) is 6.04. The lowest BCUT2D eigenvalue weighted by Gasteiger charge is -2.11. The molecule has 1 aromatic heterocycles. The van der Waals surface area contributed by atoms with E-state index in [1.165, 1.54) is 0 Å². The van der Waals surface area contributed by atoms with Crippen LogP contribution in [0.25, 0.3) is 11.3 Å². The van der Waals surface area contributed by atoms with Crippen LogP contribution in [0.3, 0.4) is 0 Å². The number of hydrogen-bond acceptors (Lipinski definition) is 5. The molecule has 1 N–H and O–H groups in total. The van der Waals surface area contributed by atoms with Gasteiger partial charge < -0.3 is 14.8 Å². The van der Waals surface area contributed by atoms with Gasteiger partial charge in [-0.15, -0.1) is 0 Å². The van der Waals surface area contributed by atoms with E-state index in [-0.39, 0.29) is 0 Å². The van der Waals surface area contributed by atoms with Crippen molar-refractivity contribution in [3.8, 4) is 28.8 Å². The van der Waals surface area contributed by atoms with Crippen LogP contribution in [-0.4, -0.2) is 26.3 Å². The van der Waals surface area contributed by atoms with Crippen LogP contribution in [0, 0.1) is 11.3 Å². The van der Waals surface area contributed by atoms with Crippen molar-refractivity contribution in [2.75, 3.05) is 26.6 Å². The average molecular weight is 269 g/mol. The fourth-order valence-electron chi connectivity index (χ4n) is 1.90. The summed E-state index contributed by atoms with van der Waals surface area (Å²) in [5.74, 6) is 1.93. The van der Waals surface area contributed by atoms with Crippen molar-refractivity contribution >= 4 is 5.82 Å². The predicted octanol–water partition coefficient (Wildman–Crippen LogP) is 2.68. The maximum absolute atomic E-state index is 9.01. The van der Waals surface area contributed by atoms with Crippen LogP contribution in [0.5, 0.6) is 11.5 Å². The van der Waals surface area contributed by atoms with E-state index in [2.05, 4.69) is 16.4 Å². The normalized spacial score (nSPS) is 9.70. The van der Waals surface area contributed by atoms with E-state index in [0.717, 1.165) is 11.3 Å². The maximum atomic E-state index is 9.01. The molecule has 0 aliphatic rings. The number of nitrogens with zero attached hydrogens (tertiary/aromatic N) is 2. The van der Waals surface area contributed by atoms with Crippen LogP contribution >= 0.6 is 0 Å². The first kappa shape index (κ1) is 13.7. The van der Waals surface area contributed by atoms with E-state index in [4.69, 9.17) is 14.7 Å². The fraction of sp³-hybridized carbons (Fsp3) is 0.200. The van der Waals surface area contributed by atoms with Gasteiger partial charge in [0.15, 0.2) is 0 Å². The molecule has 0 bridgehead atoms. The minimum atomic E-state index is 0.503. The monoisotopic (exact) mass is 269 g/mol. The van der Waals surface area contributed by atoms with E-state index in [1.807, 2.05) is 12.1 Å². The quantitative estimate of drug-likeness (QED) is 0.924. The first-order chi connectivity index (χ1) is 9.73. The Morgan fingerprint density at radius 1 is 1.15 bits per heavy atom. The zero-order valence-corrected chi connectivity index (χ0v) is 11.6. The van der Waals surface area contributed by atoms with E-state index in [1.54, 1.807) is 39.5 Å². The number of pyridine rings is 1. The summed E-state index contributed by atoms with van der Waals surface area (Å²) in [6.45, 7) is 0. The molecule has 2 rings (SSSR count). The molecule has 0 fully saturated rings. The van der Waals surface area contributed by atoms with Crippen LogP contribution in [0.1, 0.15) is 5.56 Å². The summed E-state index contributed by atoms with van der Waals surface area (Å²) in [7, 11) is 4.94. The molecule has 0 saturated heterocycles. The summed E-state index contributed by atoms with van der Waals surface area (Å²) in [5.41, 5.74) is 2.07. The molecule has 0 atom stereocenters.